The van der Waals surface area contributed by atoms with Crippen molar-refractivity contribution in [2.45, 2.75) is 57.9 Å². The van der Waals surface area contributed by atoms with Crippen molar-refractivity contribution in [3.05, 3.63) is 35.1 Å². The number of thiazole rings is 1. The summed E-state index contributed by atoms with van der Waals surface area (Å²) < 4.78 is 0. The SMILES string of the molecule is Cc1nc(-c2cccnc2)sc1C(=O)N1CCCC[C@@H]1CN1CCCCCC1. The fourth-order valence-corrected chi connectivity index (χ4v) is 5.42. The van der Waals surface area contributed by atoms with Gasteiger partial charge in [0.15, 0.2) is 0 Å². The number of carbonyl (C=O) groups is 1. The van der Waals surface area contributed by atoms with E-state index in [9.17, 15) is 4.79 Å². The summed E-state index contributed by atoms with van der Waals surface area (Å²) >= 11 is 1.51. The third-order valence-corrected chi connectivity index (χ3v) is 7.15. The van der Waals surface area contributed by atoms with Crippen molar-refractivity contribution < 1.29 is 4.79 Å². The zero-order chi connectivity index (χ0) is 19.3. The fraction of sp³-hybridized carbons (Fsp3) is 0.591. The molecule has 4 heterocycles. The maximum Gasteiger partial charge on any atom is 0.266 e. The van der Waals surface area contributed by atoms with Crippen LogP contribution in [0.2, 0.25) is 0 Å². The van der Waals surface area contributed by atoms with Gasteiger partial charge in [-0.3, -0.25) is 9.78 Å². The highest BCUT2D eigenvalue weighted by molar-refractivity contribution is 7.17. The van der Waals surface area contributed by atoms with Crippen LogP contribution in [0.3, 0.4) is 0 Å². The second-order valence-electron chi connectivity index (χ2n) is 8.04. The summed E-state index contributed by atoms with van der Waals surface area (Å²) in [4.78, 5) is 27.8. The van der Waals surface area contributed by atoms with E-state index in [1.54, 1.807) is 6.20 Å². The van der Waals surface area contributed by atoms with Gasteiger partial charge in [-0.15, -0.1) is 11.3 Å². The van der Waals surface area contributed by atoms with Gasteiger partial charge in [-0.2, -0.15) is 0 Å². The van der Waals surface area contributed by atoms with Crippen LogP contribution in [0.4, 0.5) is 0 Å². The second-order valence-corrected chi connectivity index (χ2v) is 9.04. The van der Waals surface area contributed by atoms with E-state index in [0.717, 1.165) is 47.1 Å². The molecule has 0 saturated carbocycles. The van der Waals surface area contributed by atoms with Gasteiger partial charge in [-0.05, 0) is 64.3 Å². The maximum absolute atomic E-state index is 13.4. The first-order valence-electron chi connectivity index (χ1n) is 10.6. The van der Waals surface area contributed by atoms with Crippen molar-refractivity contribution >= 4 is 17.2 Å². The number of likely N-dealkylation sites (tertiary alicyclic amines) is 2. The number of carbonyl (C=O) groups excluding carboxylic acids is 1. The maximum atomic E-state index is 13.4. The number of hydrogen-bond acceptors (Lipinski definition) is 5. The van der Waals surface area contributed by atoms with E-state index in [0.29, 0.717) is 6.04 Å². The Balaban J connectivity index is 1.51. The molecule has 150 valence electrons. The van der Waals surface area contributed by atoms with Gasteiger partial charge in [-0.1, -0.05) is 12.8 Å². The molecule has 28 heavy (non-hydrogen) atoms. The Kier molecular flexibility index (Phi) is 6.37. The summed E-state index contributed by atoms with van der Waals surface area (Å²) in [5.41, 5.74) is 1.82. The van der Waals surface area contributed by atoms with Gasteiger partial charge in [0.1, 0.15) is 9.88 Å². The summed E-state index contributed by atoms with van der Waals surface area (Å²) in [6.07, 6.45) is 12.3. The van der Waals surface area contributed by atoms with Gasteiger partial charge in [0.25, 0.3) is 5.91 Å². The Labute approximate surface area is 171 Å². The average Bonchev–Trinajstić information content (AvgIpc) is 2.94. The van der Waals surface area contributed by atoms with E-state index in [4.69, 9.17) is 0 Å². The Bertz CT molecular complexity index is 783. The molecular formula is C22H30N4OS. The number of amides is 1. The first-order valence-corrected chi connectivity index (χ1v) is 11.4. The summed E-state index contributed by atoms with van der Waals surface area (Å²) in [5.74, 6) is 0.171. The van der Waals surface area contributed by atoms with Crippen LogP contribution in [-0.2, 0) is 0 Å². The number of piperidine rings is 1. The number of rotatable bonds is 4. The summed E-state index contributed by atoms with van der Waals surface area (Å²) in [6, 6.07) is 4.25. The van der Waals surface area contributed by atoms with Crippen molar-refractivity contribution in [1.29, 1.82) is 0 Å². The third kappa shape index (κ3) is 4.44. The number of aryl methyl sites for hydroxylation is 1. The number of hydrogen-bond donors (Lipinski definition) is 0. The minimum atomic E-state index is 0.171. The van der Waals surface area contributed by atoms with E-state index in [2.05, 4.69) is 19.8 Å². The number of aromatic nitrogens is 2. The van der Waals surface area contributed by atoms with Gasteiger partial charge in [0, 0.05) is 37.1 Å². The standard InChI is InChI=1S/C22H30N4OS/c1-17-20(28-21(24-17)18-9-8-11-23-15-18)22(27)26-14-7-4-10-19(26)16-25-12-5-2-3-6-13-25/h8-9,11,15,19H,2-7,10,12-14,16H2,1H3/t19-/m1/s1. The lowest BCUT2D eigenvalue weighted by Crippen LogP contribution is -2.49. The van der Waals surface area contributed by atoms with Crippen molar-refractivity contribution in [3.63, 3.8) is 0 Å². The van der Waals surface area contributed by atoms with Crippen molar-refractivity contribution in [1.82, 2.24) is 19.8 Å². The molecule has 0 aliphatic carbocycles. The molecule has 4 rings (SSSR count). The molecular weight excluding hydrogens is 368 g/mol. The fourth-order valence-electron chi connectivity index (χ4n) is 4.41. The predicted molar refractivity (Wildman–Crippen MR) is 114 cm³/mol. The molecule has 0 aromatic carbocycles. The Morgan fingerprint density at radius 1 is 1.14 bits per heavy atom. The van der Waals surface area contributed by atoms with Gasteiger partial charge in [-0.25, -0.2) is 4.98 Å². The minimum Gasteiger partial charge on any atom is -0.334 e. The Morgan fingerprint density at radius 3 is 2.68 bits per heavy atom. The first kappa shape index (κ1) is 19.5. The summed E-state index contributed by atoms with van der Waals surface area (Å²) in [5, 5.41) is 0.884. The molecule has 2 fully saturated rings. The van der Waals surface area contributed by atoms with Crippen LogP contribution >= 0.6 is 11.3 Å². The average molecular weight is 399 g/mol. The van der Waals surface area contributed by atoms with Crippen LogP contribution < -0.4 is 0 Å². The molecule has 2 aromatic heterocycles. The lowest BCUT2D eigenvalue weighted by molar-refractivity contribution is 0.0551. The van der Waals surface area contributed by atoms with E-state index < -0.39 is 0 Å². The van der Waals surface area contributed by atoms with Gasteiger partial charge >= 0.3 is 0 Å². The van der Waals surface area contributed by atoms with Crippen LogP contribution in [-0.4, -0.2) is 57.9 Å². The minimum absolute atomic E-state index is 0.171. The van der Waals surface area contributed by atoms with Crippen molar-refractivity contribution in [3.8, 4) is 10.6 Å². The Hall–Kier alpha value is -1.79. The van der Waals surface area contributed by atoms with Crippen LogP contribution in [0.15, 0.2) is 24.5 Å². The molecule has 2 aromatic rings. The van der Waals surface area contributed by atoms with E-state index in [1.807, 2.05) is 25.3 Å². The highest BCUT2D eigenvalue weighted by Crippen LogP contribution is 2.30. The number of nitrogens with zero attached hydrogens (tertiary/aromatic N) is 4. The molecule has 2 saturated heterocycles. The zero-order valence-electron chi connectivity index (χ0n) is 16.8. The summed E-state index contributed by atoms with van der Waals surface area (Å²) in [6.45, 7) is 6.22. The van der Waals surface area contributed by atoms with Crippen LogP contribution in [0, 0.1) is 6.92 Å². The van der Waals surface area contributed by atoms with Crippen molar-refractivity contribution in [2.75, 3.05) is 26.2 Å². The molecule has 0 spiro atoms. The number of pyridine rings is 1. The molecule has 1 atom stereocenters. The largest absolute Gasteiger partial charge is 0.334 e. The predicted octanol–water partition coefficient (Wildman–Crippen LogP) is 4.38. The molecule has 2 aliphatic heterocycles. The lowest BCUT2D eigenvalue weighted by atomic mass is 10.0. The zero-order valence-corrected chi connectivity index (χ0v) is 17.6. The highest BCUT2D eigenvalue weighted by Gasteiger charge is 2.31. The molecule has 0 N–H and O–H groups in total. The van der Waals surface area contributed by atoms with Gasteiger partial charge in [0.05, 0.1) is 5.69 Å². The molecule has 0 radical (unpaired) electrons. The van der Waals surface area contributed by atoms with E-state index >= 15 is 0 Å². The second kappa shape index (κ2) is 9.14. The quantitative estimate of drug-likeness (QED) is 0.767. The third-order valence-electron chi connectivity index (χ3n) is 5.95. The van der Waals surface area contributed by atoms with E-state index in [1.165, 1.54) is 56.5 Å². The van der Waals surface area contributed by atoms with Crippen LogP contribution in [0.5, 0.6) is 0 Å². The van der Waals surface area contributed by atoms with Crippen LogP contribution in [0.1, 0.15) is 60.3 Å². The van der Waals surface area contributed by atoms with Crippen molar-refractivity contribution in [2.24, 2.45) is 0 Å². The molecule has 0 bridgehead atoms. The topological polar surface area (TPSA) is 49.3 Å². The summed E-state index contributed by atoms with van der Waals surface area (Å²) in [7, 11) is 0. The molecule has 6 heteroatoms. The lowest BCUT2D eigenvalue weighted by Gasteiger charge is -2.38. The van der Waals surface area contributed by atoms with Crippen LogP contribution in [0.25, 0.3) is 10.6 Å². The molecule has 2 aliphatic rings. The van der Waals surface area contributed by atoms with Gasteiger partial charge in [0.2, 0.25) is 0 Å². The van der Waals surface area contributed by atoms with Gasteiger partial charge < -0.3 is 9.80 Å². The molecule has 1 amide bonds. The monoisotopic (exact) mass is 398 g/mol. The molecule has 0 unspecified atom stereocenters. The Morgan fingerprint density at radius 2 is 1.93 bits per heavy atom. The van der Waals surface area contributed by atoms with E-state index in [-0.39, 0.29) is 5.91 Å². The normalized spacial score (nSPS) is 21.5. The molecule has 5 nitrogen and oxygen atoms in total. The highest BCUT2D eigenvalue weighted by atomic mass is 32.1. The smallest absolute Gasteiger partial charge is 0.266 e. The first-order chi connectivity index (χ1) is 13.7.